The van der Waals surface area contributed by atoms with E-state index in [0.29, 0.717) is 0 Å². The molecule has 1 aromatic heterocycles. The number of fused-ring (bicyclic) bond motifs is 1. The Hall–Kier alpha value is -3.48. The van der Waals surface area contributed by atoms with Crippen LogP contribution in [0, 0.1) is 19.7 Å². The SMILES string of the molecule is Cc1nc2ccccc2c(C)c1CC(=O)Nc1cc(F)ccc1NC(=O)OC(C)(C)C. The summed E-state index contributed by atoms with van der Waals surface area (Å²) in [5.41, 5.74) is 3.13. The van der Waals surface area contributed by atoms with Crippen molar-refractivity contribution in [3.8, 4) is 0 Å². The number of aromatic nitrogens is 1. The second kappa shape index (κ2) is 8.71. The Morgan fingerprint density at radius 1 is 1.03 bits per heavy atom. The van der Waals surface area contributed by atoms with Crippen LogP contribution in [0.4, 0.5) is 20.6 Å². The largest absolute Gasteiger partial charge is 0.444 e. The quantitative estimate of drug-likeness (QED) is 0.579. The number of ether oxygens (including phenoxy) is 1. The van der Waals surface area contributed by atoms with Crippen LogP contribution in [-0.2, 0) is 16.0 Å². The smallest absolute Gasteiger partial charge is 0.412 e. The number of anilines is 2. The third-order valence-electron chi connectivity index (χ3n) is 4.71. The van der Waals surface area contributed by atoms with Crippen molar-refractivity contribution in [1.29, 1.82) is 0 Å². The van der Waals surface area contributed by atoms with Crippen molar-refractivity contribution in [1.82, 2.24) is 4.98 Å². The molecule has 162 valence electrons. The summed E-state index contributed by atoms with van der Waals surface area (Å²) < 4.78 is 19.1. The minimum atomic E-state index is -0.694. The van der Waals surface area contributed by atoms with Gasteiger partial charge >= 0.3 is 6.09 Å². The van der Waals surface area contributed by atoms with Crippen LogP contribution in [0.25, 0.3) is 10.9 Å². The topological polar surface area (TPSA) is 80.3 Å². The first-order valence-electron chi connectivity index (χ1n) is 9.98. The highest BCUT2D eigenvalue weighted by atomic mass is 19.1. The summed E-state index contributed by atoms with van der Waals surface area (Å²) in [5.74, 6) is -0.883. The number of nitrogens with one attached hydrogen (secondary N) is 2. The van der Waals surface area contributed by atoms with Crippen molar-refractivity contribution in [2.75, 3.05) is 10.6 Å². The number of hydrogen-bond donors (Lipinski definition) is 2. The van der Waals surface area contributed by atoms with E-state index in [-0.39, 0.29) is 23.7 Å². The van der Waals surface area contributed by atoms with E-state index in [1.807, 2.05) is 38.1 Å². The molecule has 0 saturated heterocycles. The van der Waals surface area contributed by atoms with Crippen molar-refractivity contribution in [2.45, 2.75) is 46.6 Å². The normalized spacial score (nSPS) is 11.3. The number of nitrogens with zero attached hydrogens (tertiary/aromatic N) is 1. The lowest BCUT2D eigenvalue weighted by Crippen LogP contribution is -2.27. The lowest BCUT2D eigenvalue weighted by atomic mass is 9.99. The molecule has 0 aliphatic heterocycles. The molecule has 1 heterocycles. The Labute approximate surface area is 180 Å². The molecule has 6 nitrogen and oxygen atoms in total. The predicted molar refractivity (Wildman–Crippen MR) is 120 cm³/mol. The zero-order valence-electron chi connectivity index (χ0n) is 18.3. The van der Waals surface area contributed by atoms with Crippen LogP contribution in [0.5, 0.6) is 0 Å². The second-order valence-electron chi connectivity index (χ2n) is 8.36. The van der Waals surface area contributed by atoms with Gasteiger partial charge in [-0.2, -0.15) is 0 Å². The monoisotopic (exact) mass is 423 g/mol. The first-order chi connectivity index (χ1) is 14.5. The maximum absolute atomic E-state index is 13.8. The maximum Gasteiger partial charge on any atom is 0.412 e. The summed E-state index contributed by atoms with van der Waals surface area (Å²) in [6.45, 7) is 9.03. The lowest BCUT2D eigenvalue weighted by molar-refractivity contribution is -0.115. The van der Waals surface area contributed by atoms with Gasteiger partial charge in [-0.1, -0.05) is 18.2 Å². The van der Waals surface area contributed by atoms with Crippen LogP contribution >= 0.6 is 0 Å². The van der Waals surface area contributed by atoms with Gasteiger partial charge in [0.25, 0.3) is 0 Å². The molecule has 0 bridgehead atoms. The molecule has 0 aliphatic carbocycles. The minimum Gasteiger partial charge on any atom is -0.444 e. The number of rotatable bonds is 4. The van der Waals surface area contributed by atoms with E-state index in [1.54, 1.807) is 20.8 Å². The van der Waals surface area contributed by atoms with Gasteiger partial charge < -0.3 is 10.1 Å². The summed E-state index contributed by atoms with van der Waals surface area (Å²) >= 11 is 0. The molecule has 0 atom stereocenters. The third-order valence-corrected chi connectivity index (χ3v) is 4.71. The zero-order valence-corrected chi connectivity index (χ0v) is 18.3. The van der Waals surface area contributed by atoms with E-state index < -0.39 is 17.5 Å². The number of pyridine rings is 1. The fraction of sp³-hybridized carbons (Fsp3) is 0.292. The van der Waals surface area contributed by atoms with E-state index in [4.69, 9.17) is 4.74 Å². The number of aryl methyl sites for hydroxylation is 2. The maximum atomic E-state index is 13.8. The number of para-hydroxylation sites is 1. The van der Waals surface area contributed by atoms with Crippen LogP contribution in [0.2, 0.25) is 0 Å². The molecule has 0 unspecified atom stereocenters. The molecule has 2 N–H and O–H groups in total. The summed E-state index contributed by atoms with van der Waals surface area (Å²) in [6.07, 6.45) is -0.627. The molecular weight excluding hydrogens is 397 g/mol. The summed E-state index contributed by atoms with van der Waals surface area (Å²) in [4.78, 5) is 29.5. The Morgan fingerprint density at radius 3 is 2.45 bits per heavy atom. The van der Waals surface area contributed by atoms with Crippen molar-refractivity contribution in [3.63, 3.8) is 0 Å². The van der Waals surface area contributed by atoms with Gasteiger partial charge in [0.1, 0.15) is 11.4 Å². The van der Waals surface area contributed by atoms with Crippen molar-refractivity contribution in [3.05, 3.63) is 65.1 Å². The molecule has 31 heavy (non-hydrogen) atoms. The molecule has 0 spiro atoms. The molecule has 7 heteroatoms. The number of hydrogen-bond acceptors (Lipinski definition) is 4. The van der Waals surface area contributed by atoms with E-state index in [2.05, 4.69) is 15.6 Å². The number of benzene rings is 2. The van der Waals surface area contributed by atoms with Crippen molar-refractivity contribution >= 4 is 34.3 Å². The minimum absolute atomic E-state index is 0.0674. The number of amides is 2. The Morgan fingerprint density at radius 2 is 1.74 bits per heavy atom. The van der Waals surface area contributed by atoms with Gasteiger partial charge in [-0.05, 0) is 70.0 Å². The Balaban J connectivity index is 1.82. The van der Waals surface area contributed by atoms with Crippen LogP contribution in [0.1, 0.15) is 37.6 Å². The molecule has 3 aromatic rings. The highest BCUT2D eigenvalue weighted by molar-refractivity contribution is 5.99. The second-order valence-corrected chi connectivity index (χ2v) is 8.36. The van der Waals surface area contributed by atoms with Gasteiger partial charge in [-0.25, -0.2) is 9.18 Å². The summed E-state index contributed by atoms with van der Waals surface area (Å²) in [6, 6.07) is 11.5. The number of carbonyl (C=O) groups is 2. The molecule has 2 aromatic carbocycles. The lowest BCUT2D eigenvalue weighted by Gasteiger charge is -2.20. The average molecular weight is 423 g/mol. The molecule has 0 aliphatic rings. The number of halogens is 1. The van der Waals surface area contributed by atoms with E-state index >= 15 is 0 Å². The van der Waals surface area contributed by atoms with Gasteiger partial charge in [0.2, 0.25) is 5.91 Å². The zero-order chi connectivity index (χ0) is 22.8. The van der Waals surface area contributed by atoms with Crippen molar-refractivity contribution < 1.29 is 18.7 Å². The molecule has 0 saturated carbocycles. The summed E-state index contributed by atoms with van der Waals surface area (Å²) in [7, 11) is 0. The van der Waals surface area contributed by atoms with Gasteiger partial charge in [-0.15, -0.1) is 0 Å². The Kier molecular flexibility index (Phi) is 6.24. The Bertz CT molecular complexity index is 1150. The van der Waals surface area contributed by atoms with Crippen LogP contribution < -0.4 is 10.6 Å². The predicted octanol–water partition coefficient (Wildman–Crippen LogP) is 5.52. The number of carbonyl (C=O) groups excluding carboxylic acids is 2. The molecule has 3 rings (SSSR count). The van der Waals surface area contributed by atoms with Gasteiger partial charge in [0.15, 0.2) is 0 Å². The highest BCUT2D eigenvalue weighted by Gasteiger charge is 2.19. The average Bonchev–Trinajstić information content (AvgIpc) is 2.66. The first-order valence-corrected chi connectivity index (χ1v) is 9.98. The summed E-state index contributed by atoms with van der Waals surface area (Å²) in [5, 5.41) is 6.23. The van der Waals surface area contributed by atoms with Gasteiger partial charge in [0.05, 0.1) is 23.3 Å². The van der Waals surface area contributed by atoms with Crippen LogP contribution in [-0.4, -0.2) is 22.6 Å². The van der Waals surface area contributed by atoms with E-state index in [9.17, 15) is 14.0 Å². The van der Waals surface area contributed by atoms with Gasteiger partial charge in [0, 0.05) is 11.1 Å². The third kappa shape index (κ3) is 5.57. The molecule has 2 amide bonds. The highest BCUT2D eigenvalue weighted by Crippen LogP contribution is 2.26. The first kappa shape index (κ1) is 22.2. The van der Waals surface area contributed by atoms with E-state index in [1.165, 1.54) is 12.1 Å². The van der Waals surface area contributed by atoms with Crippen molar-refractivity contribution in [2.24, 2.45) is 0 Å². The van der Waals surface area contributed by atoms with E-state index in [0.717, 1.165) is 33.8 Å². The fourth-order valence-electron chi connectivity index (χ4n) is 3.33. The van der Waals surface area contributed by atoms with Gasteiger partial charge in [-0.3, -0.25) is 15.1 Å². The van der Waals surface area contributed by atoms with Crippen LogP contribution in [0.15, 0.2) is 42.5 Å². The van der Waals surface area contributed by atoms with Crippen LogP contribution in [0.3, 0.4) is 0 Å². The standard InChI is InChI=1S/C24H26FN3O3/c1-14-17-8-6-7-9-19(17)26-15(2)18(14)13-22(29)27-21-12-16(25)10-11-20(21)28-23(30)31-24(3,4)5/h6-12H,13H2,1-5H3,(H,27,29)(H,28,30). The molecular formula is C24H26FN3O3. The molecule has 0 radical (unpaired) electrons. The fourth-order valence-corrected chi connectivity index (χ4v) is 3.33. The molecule has 0 fully saturated rings.